The fourth-order valence-corrected chi connectivity index (χ4v) is 1.81. The van der Waals surface area contributed by atoms with E-state index in [2.05, 4.69) is 25.7 Å². The molecule has 22 heavy (non-hydrogen) atoms. The number of rotatable bonds is 4. The first-order chi connectivity index (χ1) is 10.8. The van der Waals surface area contributed by atoms with E-state index in [0.29, 0.717) is 11.6 Å². The van der Waals surface area contributed by atoms with E-state index in [0.717, 1.165) is 11.1 Å². The zero-order valence-corrected chi connectivity index (χ0v) is 11.5. The van der Waals surface area contributed by atoms with Crippen LogP contribution in [0.2, 0.25) is 0 Å². The number of hydrogen-bond donors (Lipinski definition) is 1. The van der Waals surface area contributed by atoms with Gasteiger partial charge >= 0.3 is 0 Å². The highest BCUT2D eigenvalue weighted by atomic mass is 19.1. The van der Waals surface area contributed by atoms with Crippen LogP contribution in [0.4, 0.5) is 10.3 Å². The highest BCUT2D eigenvalue weighted by Crippen LogP contribution is 2.15. The van der Waals surface area contributed by atoms with Gasteiger partial charge in [-0.05, 0) is 17.7 Å². The number of aromatic nitrogens is 3. The summed E-state index contributed by atoms with van der Waals surface area (Å²) in [6.45, 7) is 0. The van der Waals surface area contributed by atoms with E-state index in [1.165, 1.54) is 12.1 Å². The molecule has 1 N–H and O–H groups in total. The summed E-state index contributed by atoms with van der Waals surface area (Å²) < 4.78 is 12.8. The fourth-order valence-electron chi connectivity index (χ4n) is 1.81. The number of anilines is 1. The molecule has 3 rings (SSSR count). The molecule has 0 bridgehead atoms. The highest BCUT2D eigenvalue weighted by Gasteiger charge is 2.01. The Labute approximate surface area is 126 Å². The van der Waals surface area contributed by atoms with Gasteiger partial charge in [0.2, 0.25) is 0 Å². The van der Waals surface area contributed by atoms with E-state index in [-0.39, 0.29) is 5.82 Å². The molecule has 0 saturated heterocycles. The number of hydrazone groups is 1. The van der Waals surface area contributed by atoms with Gasteiger partial charge in [0.05, 0.1) is 18.1 Å². The van der Waals surface area contributed by atoms with Gasteiger partial charge in [0.15, 0.2) is 0 Å². The maximum atomic E-state index is 12.8. The van der Waals surface area contributed by atoms with Crippen LogP contribution in [-0.4, -0.2) is 21.4 Å². The average molecular weight is 293 g/mol. The number of benzene rings is 2. The Morgan fingerprint density at radius 1 is 1.00 bits per heavy atom. The lowest BCUT2D eigenvalue weighted by Crippen LogP contribution is -1.99. The second-order valence-electron chi connectivity index (χ2n) is 4.45. The molecule has 0 aliphatic rings. The van der Waals surface area contributed by atoms with Gasteiger partial charge in [0.25, 0.3) is 5.95 Å². The maximum Gasteiger partial charge on any atom is 0.263 e. The first kappa shape index (κ1) is 13.8. The molecule has 3 aromatic rings. The largest absolute Gasteiger partial charge is 0.263 e. The monoisotopic (exact) mass is 293 g/mol. The lowest BCUT2D eigenvalue weighted by atomic mass is 10.2. The zero-order chi connectivity index (χ0) is 15.2. The van der Waals surface area contributed by atoms with Crippen molar-refractivity contribution < 1.29 is 4.39 Å². The fraction of sp³-hybridized carbons (Fsp3) is 0. The van der Waals surface area contributed by atoms with Crippen molar-refractivity contribution in [3.63, 3.8) is 0 Å². The van der Waals surface area contributed by atoms with Crippen LogP contribution in [0.1, 0.15) is 5.56 Å². The highest BCUT2D eigenvalue weighted by molar-refractivity contribution is 5.79. The quantitative estimate of drug-likeness (QED) is 0.593. The molecule has 0 amide bonds. The Hall–Kier alpha value is -3.15. The average Bonchev–Trinajstić information content (AvgIpc) is 2.58. The standard InChI is InChI=1S/C16H12FN5/c17-14-8-6-12(7-9-14)10-18-21-16-20-15(11-19-22-16)13-4-2-1-3-5-13/h1-11H,(H,20,21,22)/b18-10+. The smallest absolute Gasteiger partial charge is 0.244 e. The number of hydrogen-bond acceptors (Lipinski definition) is 5. The van der Waals surface area contributed by atoms with Gasteiger partial charge in [-0.1, -0.05) is 42.5 Å². The lowest BCUT2D eigenvalue weighted by Gasteiger charge is -2.01. The Morgan fingerprint density at radius 2 is 1.77 bits per heavy atom. The Kier molecular flexibility index (Phi) is 4.10. The molecule has 0 aliphatic heterocycles. The molecule has 0 radical (unpaired) electrons. The van der Waals surface area contributed by atoms with Gasteiger partial charge < -0.3 is 0 Å². The molecule has 108 valence electrons. The van der Waals surface area contributed by atoms with Gasteiger partial charge in [-0.2, -0.15) is 10.2 Å². The van der Waals surface area contributed by atoms with Crippen LogP contribution in [0.3, 0.4) is 0 Å². The van der Waals surface area contributed by atoms with Crippen LogP contribution < -0.4 is 5.43 Å². The van der Waals surface area contributed by atoms with Crippen LogP contribution in [0.5, 0.6) is 0 Å². The first-order valence-corrected chi connectivity index (χ1v) is 6.61. The van der Waals surface area contributed by atoms with Gasteiger partial charge in [-0.3, -0.25) is 0 Å². The third-order valence-corrected chi connectivity index (χ3v) is 2.88. The zero-order valence-electron chi connectivity index (χ0n) is 11.5. The Balaban J connectivity index is 1.72. The summed E-state index contributed by atoms with van der Waals surface area (Å²) in [4.78, 5) is 4.33. The molecule has 1 heterocycles. The summed E-state index contributed by atoms with van der Waals surface area (Å²) in [6.07, 6.45) is 3.14. The van der Waals surface area contributed by atoms with Crippen LogP contribution in [0, 0.1) is 5.82 Å². The summed E-state index contributed by atoms with van der Waals surface area (Å²) in [7, 11) is 0. The van der Waals surface area contributed by atoms with Crippen LogP contribution >= 0.6 is 0 Å². The Morgan fingerprint density at radius 3 is 2.55 bits per heavy atom. The number of nitrogens with one attached hydrogen (secondary N) is 1. The summed E-state index contributed by atoms with van der Waals surface area (Å²) in [6, 6.07) is 15.7. The predicted octanol–water partition coefficient (Wildman–Crippen LogP) is 3.12. The summed E-state index contributed by atoms with van der Waals surface area (Å²) in [5.41, 5.74) is 5.12. The van der Waals surface area contributed by atoms with Crippen LogP contribution in [-0.2, 0) is 0 Å². The Bertz CT molecular complexity index is 772. The predicted molar refractivity (Wildman–Crippen MR) is 82.9 cm³/mol. The third-order valence-electron chi connectivity index (χ3n) is 2.88. The third kappa shape index (κ3) is 3.49. The van der Waals surface area contributed by atoms with Crippen molar-refractivity contribution in [3.05, 3.63) is 72.2 Å². The minimum atomic E-state index is -0.284. The van der Waals surface area contributed by atoms with Gasteiger partial charge in [-0.15, -0.1) is 5.10 Å². The molecule has 0 fully saturated rings. The second kappa shape index (κ2) is 6.53. The summed E-state index contributed by atoms with van der Waals surface area (Å²) >= 11 is 0. The molecule has 5 nitrogen and oxygen atoms in total. The van der Waals surface area contributed by atoms with Gasteiger partial charge in [0, 0.05) is 5.56 Å². The normalized spacial score (nSPS) is 10.8. The minimum absolute atomic E-state index is 0.284. The van der Waals surface area contributed by atoms with Gasteiger partial charge in [0.1, 0.15) is 5.82 Å². The molecule has 0 unspecified atom stereocenters. The molecule has 1 aromatic heterocycles. The van der Waals surface area contributed by atoms with Crippen molar-refractivity contribution in [1.82, 2.24) is 15.2 Å². The van der Waals surface area contributed by atoms with Crippen LogP contribution in [0.25, 0.3) is 11.3 Å². The molecule has 0 saturated carbocycles. The first-order valence-electron chi connectivity index (χ1n) is 6.61. The van der Waals surface area contributed by atoms with Crippen LogP contribution in [0.15, 0.2) is 65.9 Å². The lowest BCUT2D eigenvalue weighted by molar-refractivity contribution is 0.628. The molecule has 0 spiro atoms. The van der Waals surface area contributed by atoms with E-state index < -0.39 is 0 Å². The van der Waals surface area contributed by atoms with Crippen molar-refractivity contribution in [2.45, 2.75) is 0 Å². The molecule has 0 aliphatic carbocycles. The topological polar surface area (TPSA) is 63.1 Å². The summed E-state index contributed by atoms with van der Waals surface area (Å²) in [5.74, 6) is 0.00733. The van der Waals surface area contributed by atoms with Crippen molar-refractivity contribution in [2.24, 2.45) is 5.10 Å². The van der Waals surface area contributed by atoms with E-state index >= 15 is 0 Å². The summed E-state index contributed by atoms with van der Waals surface area (Å²) in [5, 5.41) is 11.8. The van der Waals surface area contributed by atoms with E-state index in [9.17, 15) is 4.39 Å². The molecular weight excluding hydrogens is 281 g/mol. The minimum Gasteiger partial charge on any atom is -0.244 e. The van der Waals surface area contributed by atoms with Gasteiger partial charge in [-0.25, -0.2) is 14.8 Å². The molecular formula is C16H12FN5. The molecule has 2 aromatic carbocycles. The number of nitrogens with zero attached hydrogens (tertiary/aromatic N) is 4. The second-order valence-corrected chi connectivity index (χ2v) is 4.45. The van der Waals surface area contributed by atoms with Crippen molar-refractivity contribution in [3.8, 4) is 11.3 Å². The van der Waals surface area contributed by atoms with Crippen molar-refractivity contribution >= 4 is 12.2 Å². The van der Waals surface area contributed by atoms with E-state index in [1.807, 2.05) is 30.3 Å². The SMILES string of the molecule is Fc1ccc(/C=N/Nc2nncc(-c3ccccc3)n2)cc1. The van der Waals surface area contributed by atoms with Crippen molar-refractivity contribution in [2.75, 3.05) is 5.43 Å². The molecule has 0 atom stereocenters. The van der Waals surface area contributed by atoms with E-state index in [1.54, 1.807) is 24.5 Å². The van der Waals surface area contributed by atoms with E-state index in [4.69, 9.17) is 0 Å². The number of halogens is 1. The van der Waals surface area contributed by atoms with Crippen molar-refractivity contribution in [1.29, 1.82) is 0 Å². The maximum absolute atomic E-state index is 12.8. The molecule has 6 heteroatoms.